The largest absolute Gasteiger partial charge is 0.437 e. The molecule has 0 radical (unpaired) electrons. The van der Waals surface area contributed by atoms with E-state index < -0.39 is 0 Å². The van der Waals surface area contributed by atoms with E-state index in [1.54, 1.807) is 6.08 Å². The molecule has 20 heavy (non-hydrogen) atoms. The normalized spacial score (nSPS) is 12.9. The Balaban J connectivity index is 1.90. The number of oxazole rings is 1. The molecule has 0 aliphatic rings. The molecular formula is C15H18N2O3. The second kappa shape index (κ2) is 6.86. The van der Waals surface area contributed by atoms with Crippen molar-refractivity contribution < 1.29 is 14.3 Å². The molecular weight excluding hydrogens is 256 g/mol. The van der Waals surface area contributed by atoms with Crippen LogP contribution >= 0.6 is 0 Å². The van der Waals surface area contributed by atoms with Crippen molar-refractivity contribution in [1.82, 2.24) is 10.3 Å². The zero-order chi connectivity index (χ0) is 14.4. The number of nitrogens with one attached hydrogen (secondary N) is 1. The first-order chi connectivity index (χ1) is 9.69. The summed E-state index contributed by atoms with van der Waals surface area (Å²) in [6, 6.07) is 7.44. The molecule has 106 valence electrons. The fraction of sp³-hybridized carbons (Fsp3) is 0.333. The van der Waals surface area contributed by atoms with Gasteiger partial charge in [-0.15, -0.1) is 0 Å². The molecule has 2 N–H and O–H groups in total. The van der Waals surface area contributed by atoms with Crippen LogP contribution in [0.4, 0.5) is 0 Å². The van der Waals surface area contributed by atoms with Crippen LogP contribution in [0.3, 0.4) is 0 Å². The van der Waals surface area contributed by atoms with Gasteiger partial charge in [-0.05, 0) is 24.5 Å². The van der Waals surface area contributed by atoms with Crippen molar-refractivity contribution in [3.8, 4) is 0 Å². The SMILES string of the molecule is CC(CCO)CNC(=O)/C=C/c1nc2ccccc2o1. The van der Waals surface area contributed by atoms with Crippen LogP contribution < -0.4 is 5.32 Å². The minimum Gasteiger partial charge on any atom is -0.437 e. The van der Waals surface area contributed by atoms with E-state index in [4.69, 9.17) is 9.52 Å². The molecule has 0 spiro atoms. The van der Waals surface area contributed by atoms with Gasteiger partial charge < -0.3 is 14.8 Å². The molecule has 0 aliphatic carbocycles. The van der Waals surface area contributed by atoms with Crippen LogP contribution in [0.1, 0.15) is 19.2 Å². The van der Waals surface area contributed by atoms with Gasteiger partial charge in [-0.25, -0.2) is 4.98 Å². The van der Waals surface area contributed by atoms with Crippen LogP contribution in [-0.2, 0) is 4.79 Å². The summed E-state index contributed by atoms with van der Waals surface area (Å²) in [7, 11) is 0. The van der Waals surface area contributed by atoms with Gasteiger partial charge in [-0.2, -0.15) is 0 Å². The summed E-state index contributed by atoms with van der Waals surface area (Å²) in [4.78, 5) is 15.9. The Kier molecular flexibility index (Phi) is 4.90. The van der Waals surface area contributed by atoms with Crippen molar-refractivity contribution in [3.63, 3.8) is 0 Å². The molecule has 1 aromatic heterocycles. The third-order valence-corrected chi connectivity index (χ3v) is 2.93. The van der Waals surface area contributed by atoms with Gasteiger partial charge in [0.2, 0.25) is 11.8 Å². The van der Waals surface area contributed by atoms with Crippen LogP contribution in [0, 0.1) is 5.92 Å². The third-order valence-electron chi connectivity index (χ3n) is 2.93. The number of para-hydroxylation sites is 2. The Morgan fingerprint density at radius 1 is 1.50 bits per heavy atom. The molecule has 2 aromatic rings. The molecule has 2 rings (SSSR count). The first-order valence-corrected chi connectivity index (χ1v) is 6.61. The molecule has 0 aliphatic heterocycles. The highest BCUT2D eigenvalue weighted by atomic mass is 16.3. The van der Waals surface area contributed by atoms with Gasteiger partial charge in [-0.3, -0.25) is 4.79 Å². The maximum absolute atomic E-state index is 11.6. The number of fused-ring (bicyclic) bond motifs is 1. The summed E-state index contributed by atoms with van der Waals surface area (Å²) >= 11 is 0. The van der Waals surface area contributed by atoms with Gasteiger partial charge >= 0.3 is 0 Å². The number of aromatic nitrogens is 1. The van der Waals surface area contributed by atoms with E-state index in [2.05, 4.69) is 10.3 Å². The summed E-state index contributed by atoms with van der Waals surface area (Å²) in [5.74, 6) is 0.462. The fourth-order valence-electron chi connectivity index (χ4n) is 1.76. The van der Waals surface area contributed by atoms with E-state index in [9.17, 15) is 4.79 Å². The van der Waals surface area contributed by atoms with Crippen molar-refractivity contribution in [3.05, 3.63) is 36.2 Å². The summed E-state index contributed by atoms with van der Waals surface area (Å²) in [6.45, 7) is 2.65. The second-order valence-corrected chi connectivity index (χ2v) is 4.72. The van der Waals surface area contributed by atoms with E-state index in [1.165, 1.54) is 6.08 Å². The Labute approximate surface area is 117 Å². The van der Waals surface area contributed by atoms with Crippen LogP contribution in [0.15, 0.2) is 34.8 Å². The molecule has 5 nitrogen and oxygen atoms in total. The summed E-state index contributed by atoms with van der Waals surface area (Å²) < 4.78 is 5.47. The topological polar surface area (TPSA) is 75.4 Å². The average Bonchev–Trinajstić information content (AvgIpc) is 2.86. The van der Waals surface area contributed by atoms with Crippen LogP contribution in [-0.4, -0.2) is 29.1 Å². The van der Waals surface area contributed by atoms with E-state index in [-0.39, 0.29) is 18.4 Å². The lowest BCUT2D eigenvalue weighted by molar-refractivity contribution is -0.116. The lowest BCUT2D eigenvalue weighted by atomic mass is 10.1. The highest BCUT2D eigenvalue weighted by Crippen LogP contribution is 2.15. The molecule has 1 heterocycles. The van der Waals surface area contributed by atoms with E-state index in [1.807, 2.05) is 31.2 Å². The van der Waals surface area contributed by atoms with Gasteiger partial charge in [0.25, 0.3) is 0 Å². The number of rotatable bonds is 6. The first kappa shape index (κ1) is 14.3. The molecule has 5 heteroatoms. The van der Waals surface area contributed by atoms with Crippen molar-refractivity contribution in [2.24, 2.45) is 5.92 Å². The lowest BCUT2D eigenvalue weighted by Gasteiger charge is -2.09. The minimum atomic E-state index is -0.197. The van der Waals surface area contributed by atoms with E-state index >= 15 is 0 Å². The maximum Gasteiger partial charge on any atom is 0.244 e. The Bertz CT molecular complexity index is 571. The quantitative estimate of drug-likeness (QED) is 0.790. The third kappa shape index (κ3) is 3.93. The molecule has 1 amide bonds. The summed E-state index contributed by atoms with van der Waals surface area (Å²) in [5.41, 5.74) is 1.47. The van der Waals surface area contributed by atoms with Crippen LogP contribution in [0.5, 0.6) is 0 Å². The molecule has 0 saturated carbocycles. The highest BCUT2D eigenvalue weighted by Gasteiger charge is 2.04. The minimum absolute atomic E-state index is 0.135. The second-order valence-electron chi connectivity index (χ2n) is 4.72. The Morgan fingerprint density at radius 3 is 3.05 bits per heavy atom. The number of hydrogen-bond acceptors (Lipinski definition) is 4. The zero-order valence-corrected chi connectivity index (χ0v) is 11.4. The van der Waals surface area contributed by atoms with Gasteiger partial charge in [0.15, 0.2) is 5.58 Å². The van der Waals surface area contributed by atoms with Crippen molar-refractivity contribution >= 4 is 23.1 Å². The molecule has 1 aromatic carbocycles. The van der Waals surface area contributed by atoms with Crippen molar-refractivity contribution in [1.29, 1.82) is 0 Å². The predicted molar refractivity (Wildman–Crippen MR) is 76.9 cm³/mol. The number of nitrogens with zero attached hydrogens (tertiary/aromatic N) is 1. The average molecular weight is 274 g/mol. The van der Waals surface area contributed by atoms with Crippen molar-refractivity contribution in [2.45, 2.75) is 13.3 Å². The molecule has 1 unspecified atom stereocenters. The Hall–Kier alpha value is -2.14. The number of aliphatic hydroxyl groups excluding tert-OH is 1. The molecule has 1 atom stereocenters. The van der Waals surface area contributed by atoms with Crippen molar-refractivity contribution in [2.75, 3.05) is 13.2 Å². The smallest absolute Gasteiger partial charge is 0.244 e. The molecule has 0 saturated heterocycles. The van der Waals surface area contributed by atoms with Gasteiger partial charge in [0.05, 0.1) is 0 Å². The van der Waals surface area contributed by atoms with Crippen LogP contribution in [0.25, 0.3) is 17.2 Å². The summed E-state index contributed by atoms with van der Waals surface area (Å²) in [6.07, 6.45) is 3.62. The number of amides is 1. The number of carbonyl (C=O) groups excluding carboxylic acids is 1. The molecule has 0 bridgehead atoms. The zero-order valence-electron chi connectivity index (χ0n) is 11.4. The van der Waals surface area contributed by atoms with Crippen LogP contribution in [0.2, 0.25) is 0 Å². The van der Waals surface area contributed by atoms with E-state index in [0.717, 1.165) is 5.52 Å². The maximum atomic E-state index is 11.6. The number of benzene rings is 1. The number of aliphatic hydroxyl groups is 1. The van der Waals surface area contributed by atoms with Gasteiger partial charge in [0.1, 0.15) is 5.52 Å². The highest BCUT2D eigenvalue weighted by molar-refractivity contribution is 5.91. The summed E-state index contributed by atoms with van der Waals surface area (Å²) in [5, 5.41) is 11.5. The monoisotopic (exact) mass is 274 g/mol. The number of carbonyl (C=O) groups is 1. The predicted octanol–water partition coefficient (Wildman–Crippen LogP) is 1.98. The Morgan fingerprint density at radius 2 is 2.30 bits per heavy atom. The number of hydrogen-bond donors (Lipinski definition) is 2. The lowest BCUT2D eigenvalue weighted by Crippen LogP contribution is -2.26. The standard InChI is InChI=1S/C15H18N2O3/c1-11(8-9-18)10-16-14(19)6-7-15-17-12-4-2-3-5-13(12)20-15/h2-7,11,18H,8-10H2,1H3,(H,16,19)/b7-6+. The van der Waals surface area contributed by atoms with Gasteiger partial charge in [-0.1, -0.05) is 19.1 Å². The van der Waals surface area contributed by atoms with E-state index in [0.29, 0.717) is 24.4 Å². The fourth-order valence-corrected chi connectivity index (χ4v) is 1.76. The molecule has 0 fully saturated rings. The first-order valence-electron chi connectivity index (χ1n) is 6.61. The van der Waals surface area contributed by atoms with Gasteiger partial charge in [0, 0.05) is 25.3 Å².